The molecule has 2 nitrogen and oxygen atoms in total. The molecule has 13 heavy (non-hydrogen) atoms. The van der Waals surface area contributed by atoms with Gasteiger partial charge in [-0.2, -0.15) is 5.26 Å². The molecule has 0 amide bonds. The molecule has 1 N–H and O–H groups in total. The van der Waals surface area contributed by atoms with E-state index < -0.39 is 0 Å². The fourth-order valence-electron chi connectivity index (χ4n) is 1.25. The zero-order valence-electron chi connectivity index (χ0n) is 7.63. The van der Waals surface area contributed by atoms with Crippen LogP contribution in [0.2, 0.25) is 5.02 Å². The quantitative estimate of drug-likeness (QED) is 0.785. The smallest absolute Gasteiger partial charge is 0.121 e. The number of benzene rings is 1. The van der Waals surface area contributed by atoms with E-state index in [2.05, 4.69) is 11.4 Å². The van der Waals surface area contributed by atoms with Crippen molar-refractivity contribution in [3.05, 3.63) is 34.3 Å². The van der Waals surface area contributed by atoms with E-state index in [0.29, 0.717) is 5.02 Å². The summed E-state index contributed by atoms with van der Waals surface area (Å²) in [5.41, 5.74) is 2.02. The van der Waals surface area contributed by atoms with Gasteiger partial charge in [-0.15, -0.1) is 0 Å². The lowest BCUT2D eigenvalue weighted by Crippen LogP contribution is -2.15. The number of hydrogen-bond donors (Lipinski definition) is 1. The number of rotatable bonds is 2. The minimum absolute atomic E-state index is 0.253. The molecule has 1 aromatic carbocycles. The van der Waals surface area contributed by atoms with Gasteiger partial charge in [-0.1, -0.05) is 17.7 Å². The maximum Gasteiger partial charge on any atom is 0.121 e. The van der Waals surface area contributed by atoms with E-state index in [1.54, 1.807) is 13.1 Å². The van der Waals surface area contributed by atoms with Gasteiger partial charge < -0.3 is 5.32 Å². The van der Waals surface area contributed by atoms with Crippen LogP contribution < -0.4 is 5.32 Å². The van der Waals surface area contributed by atoms with Crippen LogP contribution in [-0.4, -0.2) is 7.05 Å². The van der Waals surface area contributed by atoms with Crippen LogP contribution in [0.4, 0.5) is 0 Å². The molecule has 0 saturated heterocycles. The Morgan fingerprint density at radius 3 is 2.69 bits per heavy atom. The monoisotopic (exact) mass is 194 g/mol. The van der Waals surface area contributed by atoms with Crippen molar-refractivity contribution in [2.75, 3.05) is 7.05 Å². The third kappa shape index (κ3) is 2.21. The van der Waals surface area contributed by atoms with E-state index in [9.17, 15) is 0 Å². The second kappa shape index (κ2) is 4.27. The number of nitriles is 1. The van der Waals surface area contributed by atoms with E-state index >= 15 is 0 Å². The third-order valence-corrected chi connectivity index (χ3v) is 2.20. The van der Waals surface area contributed by atoms with Crippen LogP contribution in [0, 0.1) is 18.3 Å². The first-order valence-electron chi connectivity index (χ1n) is 4.02. The second-order valence-electron chi connectivity index (χ2n) is 2.85. The first-order valence-corrected chi connectivity index (χ1v) is 4.39. The SMILES string of the molecule is CNC(C#N)c1ccc(Cl)cc1C. The van der Waals surface area contributed by atoms with E-state index in [4.69, 9.17) is 16.9 Å². The molecule has 0 radical (unpaired) electrons. The zero-order chi connectivity index (χ0) is 9.84. The van der Waals surface area contributed by atoms with Crippen LogP contribution in [0.3, 0.4) is 0 Å². The van der Waals surface area contributed by atoms with Crippen molar-refractivity contribution in [3.63, 3.8) is 0 Å². The molecule has 1 unspecified atom stereocenters. The fraction of sp³-hybridized carbons (Fsp3) is 0.300. The molecule has 0 aliphatic carbocycles. The highest BCUT2D eigenvalue weighted by atomic mass is 35.5. The van der Waals surface area contributed by atoms with Gasteiger partial charge >= 0.3 is 0 Å². The topological polar surface area (TPSA) is 35.8 Å². The van der Waals surface area contributed by atoms with Gasteiger partial charge in [-0.05, 0) is 37.2 Å². The molecule has 0 spiro atoms. The zero-order valence-corrected chi connectivity index (χ0v) is 8.39. The molecule has 0 aliphatic rings. The van der Waals surface area contributed by atoms with E-state index in [1.807, 2.05) is 19.1 Å². The third-order valence-electron chi connectivity index (χ3n) is 1.96. The summed E-state index contributed by atoms with van der Waals surface area (Å²) in [5.74, 6) is 0. The summed E-state index contributed by atoms with van der Waals surface area (Å²) in [7, 11) is 1.77. The van der Waals surface area contributed by atoms with Gasteiger partial charge in [0.15, 0.2) is 0 Å². The second-order valence-corrected chi connectivity index (χ2v) is 3.29. The molecule has 0 aromatic heterocycles. The highest BCUT2D eigenvalue weighted by molar-refractivity contribution is 6.30. The van der Waals surface area contributed by atoms with Crippen LogP contribution >= 0.6 is 11.6 Å². The summed E-state index contributed by atoms with van der Waals surface area (Å²) < 4.78 is 0. The van der Waals surface area contributed by atoms with Crippen LogP contribution in [0.5, 0.6) is 0 Å². The summed E-state index contributed by atoms with van der Waals surface area (Å²) in [5, 5.41) is 12.5. The van der Waals surface area contributed by atoms with Crippen molar-refractivity contribution < 1.29 is 0 Å². The Labute approximate surface area is 83.1 Å². The Balaban J connectivity index is 3.09. The maximum absolute atomic E-state index is 8.83. The molecular weight excluding hydrogens is 184 g/mol. The predicted molar refractivity (Wildman–Crippen MR) is 53.6 cm³/mol. The maximum atomic E-state index is 8.83. The van der Waals surface area contributed by atoms with Crippen molar-refractivity contribution in [1.82, 2.24) is 5.32 Å². The first-order chi connectivity index (χ1) is 6.19. The Hall–Kier alpha value is -1.04. The summed E-state index contributed by atoms with van der Waals surface area (Å²) >= 11 is 5.80. The van der Waals surface area contributed by atoms with E-state index in [-0.39, 0.29) is 6.04 Å². The first kappa shape index (κ1) is 10.0. The number of nitrogens with zero attached hydrogens (tertiary/aromatic N) is 1. The van der Waals surface area contributed by atoms with Crippen LogP contribution in [-0.2, 0) is 0 Å². The average Bonchev–Trinajstić information content (AvgIpc) is 2.10. The van der Waals surface area contributed by atoms with Crippen molar-refractivity contribution in [2.24, 2.45) is 0 Å². The Kier molecular flexibility index (Phi) is 3.30. The fourth-order valence-corrected chi connectivity index (χ4v) is 1.48. The predicted octanol–water partition coefficient (Wildman–Crippen LogP) is 2.43. The number of halogens is 1. The molecule has 0 heterocycles. The lowest BCUT2D eigenvalue weighted by Gasteiger charge is -2.10. The molecule has 1 aromatic rings. The van der Waals surface area contributed by atoms with Crippen molar-refractivity contribution >= 4 is 11.6 Å². The van der Waals surface area contributed by atoms with Crippen LogP contribution in [0.25, 0.3) is 0 Å². The largest absolute Gasteiger partial charge is 0.301 e. The Morgan fingerprint density at radius 2 is 2.23 bits per heavy atom. The van der Waals surface area contributed by atoms with Gasteiger partial charge in [0.2, 0.25) is 0 Å². The summed E-state index contributed by atoms with van der Waals surface area (Å²) in [6, 6.07) is 7.46. The van der Waals surface area contributed by atoms with Crippen molar-refractivity contribution in [2.45, 2.75) is 13.0 Å². The van der Waals surface area contributed by atoms with Gasteiger partial charge in [0.05, 0.1) is 6.07 Å². The lowest BCUT2D eigenvalue weighted by molar-refractivity contribution is 0.722. The number of hydrogen-bond acceptors (Lipinski definition) is 2. The highest BCUT2D eigenvalue weighted by Gasteiger charge is 2.09. The standard InChI is InChI=1S/C10H11ClN2/c1-7-5-8(11)3-4-9(7)10(6-12)13-2/h3-5,10,13H,1-2H3. The molecule has 0 saturated carbocycles. The summed E-state index contributed by atoms with van der Waals surface area (Å²) in [4.78, 5) is 0. The van der Waals surface area contributed by atoms with Gasteiger partial charge in [0, 0.05) is 5.02 Å². The summed E-state index contributed by atoms with van der Waals surface area (Å²) in [6.45, 7) is 1.95. The van der Waals surface area contributed by atoms with Gasteiger partial charge in [-0.3, -0.25) is 0 Å². The van der Waals surface area contributed by atoms with Crippen molar-refractivity contribution in [3.8, 4) is 6.07 Å². The minimum Gasteiger partial charge on any atom is -0.301 e. The molecule has 1 rings (SSSR count). The van der Waals surface area contributed by atoms with Crippen LogP contribution in [0.15, 0.2) is 18.2 Å². The van der Waals surface area contributed by atoms with Gasteiger partial charge in [0.25, 0.3) is 0 Å². The van der Waals surface area contributed by atoms with Gasteiger partial charge in [-0.25, -0.2) is 0 Å². The Morgan fingerprint density at radius 1 is 1.54 bits per heavy atom. The highest BCUT2D eigenvalue weighted by Crippen LogP contribution is 2.20. The molecule has 3 heteroatoms. The minimum atomic E-state index is -0.253. The molecular formula is C10H11ClN2. The molecule has 1 atom stereocenters. The average molecular weight is 195 g/mol. The van der Waals surface area contributed by atoms with Crippen LogP contribution in [0.1, 0.15) is 17.2 Å². The molecule has 0 bridgehead atoms. The van der Waals surface area contributed by atoms with E-state index in [0.717, 1.165) is 11.1 Å². The lowest BCUT2D eigenvalue weighted by atomic mass is 10.0. The molecule has 68 valence electrons. The normalized spacial score (nSPS) is 12.2. The Bertz CT molecular complexity index is 341. The summed E-state index contributed by atoms with van der Waals surface area (Å²) in [6.07, 6.45) is 0. The number of nitrogens with one attached hydrogen (secondary N) is 1. The number of aryl methyl sites for hydroxylation is 1. The van der Waals surface area contributed by atoms with Gasteiger partial charge in [0.1, 0.15) is 6.04 Å². The van der Waals surface area contributed by atoms with E-state index in [1.165, 1.54) is 0 Å². The molecule has 0 aliphatic heterocycles. The van der Waals surface area contributed by atoms with Crippen molar-refractivity contribution in [1.29, 1.82) is 5.26 Å². The molecule has 0 fully saturated rings.